The van der Waals surface area contributed by atoms with Crippen LogP contribution in [-0.2, 0) is 9.59 Å². The van der Waals surface area contributed by atoms with E-state index < -0.39 is 11.3 Å². The molecule has 2 amide bonds. The van der Waals surface area contributed by atoms with Gasteiger partial charge in [-0.1, -0.05) is 12.1 Å². The molecule has 2 aromatic carbocycles. The number of nitrogens with zero attached hydrogens (tertiary/aromatic N) is 1. The maximum atomic E-state index is 12.8. The van der Waals surface area contributed by atoms with Crippen LogP contribution in [0.15, 0.2) is 48.5 Å². The highest BCUT2D eigenvalue weighted by atomic mass is 16.5. The number of benzene rings is 2. The van der Waals surface area contributed by atoms with Gasteiger partial charge >= 0.3 is 0 Å². The van der Waals surface area contributed by atoms with E-state index in [4.69, 9.17) is 4.74 Å². The lowest BCUT2D eigenvalue weighted by Crippen LogP contribution is -2.41. The summed E-state index contributed by atoms with van der Waals surface area (Å²) in [7, 11) is 3.89. The number of nitrogens with one attached hydrogen (secondary N) is 2. The van der Waals surface area contributed by atoms with Crippen molar-refractivity contribution in [1.29, 1.82) is 0 Å². The Morgan fingerprint density at radius 2 is 1.50 bits per heavy atom. The van der Waals surface area contributed by atoms with Crippen LogP contribution in [-0.4, -0.2) is 32.0 Å². The normalized spacial score (nSPS) is 11.1. The Balaban J connectivity index is 2.10. The molecule has 150 valence electrons. The molecule has 0 saturated heterocycles. The second kappa shape index (κ2) is 8.78. The van der Waals surface area contributed by atoms with Crippen molar-refractivity contribution < 1.29 is 14.3 Å². The first-order valence-corrected chi connectivity index (χ1v) is 9.27. The fraction of sp³-hybridized carbons (Fsp3) is 0.364. The molecule has 6 nitrogen and oxygen atoms in total. The van der Waals surface area contributed by atoms with E-state index in [2.05, 4.69) is 10.6 Å². The highest BCUT2D eigenvalue weighted by Gasteiger charge is 2.36. The number of carbonyl (C=O) groups excluding carboxylic acids is 2. The summed E-state index contributed by atoms with van der Waals surface area (Å²) in [6, 6.07) is 14.6. The molecular weight excluding hydrogens is 354 g/mol. The molecule has 0 saturated carbocycles. The molecular formula is C22H29N3O3. The minimum Gasteiger partial charge on any atom is -0.489 e. The van der Waals surface area contributed by atoms with Gasteiger partial charge in [0.05, 0.1) is 11.8 Å². The van der Waals surface area contributed by atoms with Gasteiger partial charge in [-0.05, 0) is 64.1 Å². The highest BCUT2D eigenvalue weighted by Crippen LogP contribution is 2.28. The summed E-state index contributed by atoms with van der Waals surface area (Å²) < 4.78 is 5.73. The Hall–Kier alpha value is -3.02. The number of carbonyl (C=O) groups is 2. The van der Waals surface area contributed by atoms with Crippen LogP contribution in [0.25, 0.3) is 0 Å². The second-order valence-corrected chi connectivity index (χ2v) is 7.64. The monoisotopic (exact) mass is 383 g/mol. The predicted molar refractivity (Wildman–Crippen MR) is 114 cm³/mol. The van der Waals surface area contributed by atoms with Crippen molar-refractivity contribution in [3.63, 3.8) is 0 Å². The van der Waals surface area contributed by atoms with E-state index in [-0.39, 0.29) is 12.0 Å². The fourth-order valence-corrected chi connectivity index (χ4v) is 2.44. The van der Waals surface area contributed by atoms with Crippen molar-refractivity contribution in [2.24, 2.45) is 5.41 Å². The number of anilines is 3. The smallest absolute Gasteiger partial charge is 0.239 e. The zero-order valence-electron chi connectivity index (χ0n) is 17.4. The summed E-state index contributed by atoms with van der Waals surface area (Å²) in [5, 5.41) is 5.63. The summed E-state index contributed by atoms with van der Waals surface area (Å²) in [6.07, 6.45) is -0.0282. The standard InChI is InChI=1S/C22H29N3O3/c1-15(2)28-19-10-8-7-9-18(19)24-21(27)22(3,4)20(26)23-16-11-13-17(14-12-16)25(5)6/h7-15H,1-6H3,(H,23,26)(H,24,27). The molecule has 2 aromatic rings. The maximum Gasteiger partial charge on any atom is 0.239 e. The van der Waals surface area contributed by atoms with Gasteiger partial charge in [0.2, 0.25) is 11.8 Å². The van der Waals surface area contributed by atoms with Gasteiger partial charge in [0.1, 0.15) is 11.2 Å². The largest absolute Gasteiger partial charge is 0.489 e. The van der Waals surface area contributed by atoms with Gasteiger partial charge in [-0.3, -0.25) is 9.59 Å². The average Bonchev–Trinajstić information content (AvgIpc) is 2.63. The lowest BCUT2D eigenvalue weighted by atomic mass is 9.90. The van der Waals surface area contributed by atoms with Gasteiger partial charge in [0, 0.05) is 25.5 Å². The van der Waals surface area contributed by atoms with Crippen molar-refractivity contribution in [3.05, 3.63) is 48.5 Å². The summed E-state index contributed by atoms with van der Waals surface area (Å²) in [4.78, 5) is 27.5. The molecule has 0 radical (unpaired) electrons. The number of hydrogen-bond acceptors (Lipinski definition) is 4. The number of hydrogen-bond donors (Lipinski definition) is 2. The van der Waals surface area contributed by atoms with E-state index in [1.807, 2.05) is 69.2 Å². The van der Waals surface area contributed by atoms with Crippen molar-refractivity contribution in [1.82, 2.24) is 0 Å². The molecule has 6 heteroatoms. The number of rotatable bonds is 7. The van der Waals surface area contributed by atoms with Gasteiger partial charge in [-0.2, -0.15) is 0 Å². The van der Waals surface area contributed by atoms with E-state index in [9.17, 15) is 9.59 Å². The molecule has 2 rings (SSSR count). The van der Waals surface area contributed by atoms with Crippen LogP contribution < -0.4 is 20.3 Å². The Kier molecular flexibility index (Phi) is 6.67. The molecule has 0 aromatic heterocycles. The molecule has 0 fully saturated rings. The van der Waals surface area contributed by atoms with Crippen molar-refractivity contribution in [2.45, 2.75) is 33.8 Å². The first-order valence-electron chi connectivity index (χ1n) is 9.27. The minimum absolute atomic E-state index is 0.0282. The van der Waals surface area contributed by atoms with Crippen molar-refractivity contribution >= 4 is 28.9 Å². The molecule has 0 unspecified atom stereocenters. The van der Waals surface area contributed by atoms with Gasteiger partial charge in [0.15, 0.2) is 0 Å². The lowest BCUT2D eigenvalue weighted by Gasteiger charge is -2.24. The fourth-order valence-electron chi connectivity index (χ4n) is 2.44. The van der Waals surface area contributed by atoms with Crippen LogP contribution in [0.3, 0.4) is 0 Å². The lowest BCUT2D eigenvalue weighted by molar-refractivity contribution is -0.135. The van der Waals surface area contributed by atoms with Gasteiger partial charge < -0.3 is 20.3 Å². The second-order valence-electron chi connectivity index (χ2n) is 7.64. The van der Waals surface area contributed by atoms with Gasteiger partial charge in [-0.25, -0.2) is 0 Å². The van der Waals surface area contributed by atoms with Crippen LogP contribution in [0.2, 0.25) is 0 Å². The number of ether oxygens (including phenoxy) is 1. The Labute approximate surface area is 166 Å². The third-order valence-corrected chi connectivity index (χ3v) is 4.27. The Morgan fingerprint density at radius 3 is 2.07 bits per heavy atom. The number of para-hydroxylation sites is 2. The zero-order chi connectivity index (χ0) is 20.9. The molecule has 2 N–H and O–H groups in total. The third-order valence-electron chi connectivity index (χ3n) is 4.27. The summed E-state index contributed by atoms with van der Waals surface area (Å²) in [6.45, 7) is 7.02. The van der Waals surface area contributed by atoms with E-state index in [0.717, 1.165) is 5.69 Å². The minimum atomic E-state index is -1.27. The van der Waals surface area contributed by atoms with Gasteiger partial charge in [-0.15, -0.1) is 0 Å². The summed E-state index contributed by atoms with van der Waals surface area (Å²) in [5.41, 5.74) is 0.930. The maximum absolute atomic E-state index is 12.8. The molecule has 0 heterocycles. The SMILES string of the molecule is CC(C)Oc1ccccc1NC(=O)C(C)(C)C(=O)Nc1ccc(N(C)C)cc1. The van der Waals surface area contributed by atoms with Crippen LogP contribution in [0.5, 0.6) is 5.75 Å². The molecule has 0 aliphatic carbocycles. The molecule has 0 atom stereocenters. The summed E-state index contributed by atoms with van der Waals surface area (Å²) >= 11 is 0. The van der Waals surface area contributed by atoms with E-state index in [1.54, 1.807) is 26.0 Å². The van der Waals surface area contributed by atoms with Crippen LogP contribution in [0.1, 0.15) is 27.7 Å². The topological polar surface area (TPSA) is 70.7 Å². The van der Waals surface area contributed by atoms with Crippen LogP contribution >= 0.6 is 0 Å². The third kappa shape index (κ3) is 5.25. The molecule has 28 heavy (non-hydrogen) atoms. The number of amides is 2. The van der Waals surface area contributed by atoms with E-state index in [0.29, 0.717) is 17.1 Å². The van der Waals surface area contributed by atoms with Crippen molar-refractivity contribution in [3.8, 4) is 5.75 Å². The Bertz CT molecular complexity index is 827. The highest BCUT2D eigenvalue weighted by molar-refractivity contribution is 6.14. The molecule has 0 aliphatic heterocycles. The first kappa shape index (κ1) is 21.3. The zero-order valence-corrected chi connectivity index (χ0v) is 17.4. The average molecular weight is 383 g/mol. The first-order chi connectivity index (χ1) is 13.1. The van der Waals surface area contributed by atoms with Gasteiger partial charge in [0.25, 0.3) is 0 Å². The van der Waals surface area contributed by atoms with E-state index in [1.165, 1.54) is 0 Å². The van der Waals surface area contributed by atoms with E-state index >= 15 is 0 Å². The van der Waals surface area contributed by atoms with Crippen LogP contribution in [0.4, 0.5) is 17.1 Å². The van der Waals surface area contributed by atoms with Crippen LogP contribution in [0, 0.1) is 5.41 Å². The molecule has 0 spiro atoms. The Morgan fingerprint density at radius 1 is 0.929 bits per heavy atom. The summed E-state index contributed by atoms with van der Waals surface area (Å²) in [5.74, 6) is -0.221. The molecule has 0 bridgehead atoms. The molecule has 0 aliphatic rings. The predicted octanol–water partition coefficient (Wildman–Crippen LogP) is 4.14. The van der Waals surface area contributed by atoms with Crippen molar-refractivity contribution in [2.75, 3.05) is 29.6 Å². The quantitative estimate of drug-likeness (QED) is 0.705.